The van der Waals surface area contributed by atoms with Crippen LogP contribution in [0.2, 0.25) is 0 Å². The minimum Gasteiger partial charge on any atom is -0.352 e. The summed E-state index contributed by atoms with van der Waals surface area (Å²) >= 11 is 0. The molecule has 2 aromatic rings. The van der Waals surface area contributed by atoms with Gasteiger partial charge in [0.1, 0.15) is 5.82 Å². The van der Waals surface area contributed by atoms with Crippen molar-refractivity contribution in [3.8, 4) is 0 Å². The van der Waals surface area contributed by atoms with Crippen LogP contribution in [0.3, 0.4) is 0 Å². The summed E-state index contributed by atoms with van der Waals surface area (Å²) in [5, 5.41) is 15.3. The zero-order chi connectivity index (χ0) is 16.1. The number of hydrogen-bond donors (Lipinski definition) is 2. The van der Waals surface area contributed by atoms with Crippen LogP contribution in [-0.2, 0) is 26.1 Å². The Morgan fingerprint density at radius 3 is 2.83 bits per heavy atom. The first-order valence-electron chi connectivity index (χ1n) is 8.18. The molecule has 1 aromatic carbocycles. The van der Waals surface area contributed by atoms with Crippen LogP contribution in [0, 0.1) is 6.92 Å². The second kappa shape index (κ2) is 7.26. The van der Waals surface area contributed by atoms with E-state index in [-0.39, 0.29) is 0 Å². The smallest absolute Gasteiger partial charge is 0.191 e. The normalized spacial score (nSPS) is 14.4. The number of rotatable bonds is 4. The molecule has 1 aromatic heterocycles. The van der Waals surface area contributed by atoms with Gasteiger partial charge >= 0.3 is 0 Å². The number of benzene rings is 1. The first-order valence-corrected chi connectivity index (χ1v) is 8.18. The van der Waals surface area contributed by atoms with E-state index in [9.17, 15) is 0 Å². The van der Waals surface area contributed by atoms with Crippen LogP contribution in [0.25, 0.3) is 0 Å². The number of aliphatic imine (C=N–C) groups is 1. The molecule has 0 fully saturated rings. The molecule has 0 atom stereocenters. The summed E-state index contributed by atoms with van der Waals surface area (Å²) in [6.07, 6.45) is 3.46. The number of nitrogens with zero attached hydrogens (tertiary/aromatic N) is 4. The summed E-state index contributed by atoms with van der Waals surface area (Å²) in [4.78, 5) is 4.28. The van der Waals surface area contributed by atoms with Crippen LogP contribution < -0.4 is 10.6 Å². The third-order valence-corrected chi connectivity index (χ3v) is 4.28. The van der Waals surface area contributed by atoms with E-state index in [2.05, 4.69) is 61.6 Å². The van der Waals surface area contributed by atoms with E-state index < -0.39 is 0 Å². The molecule has 0 bridgehead atoms. The van der Waals surface area contributed by atoms with Gasteiger partial charge < -0.3 is 15.2 Å². The third-order valence-electron chi connectivity index (χ3n) is 4.28. The Labute approximate surface area is 137 Å². The zero-order valence-corrected chi connectivity index (χ0v) is 13.8. The van der Waals surface area contributed by atoms with Gasteiger partial charge in [-0.2, -0.15) is 0 Å². The second-order valence-electron chi connectivity index (χ2n) is 5.85. The van der Waals surface area contributed by atoms with Crippen molar-refractivity contribution >= 4 is 5.96 Å². The lowest BCUT2D eigenvalue weighted by molar-refractivity contribution is 0.504. The fourth-order valence-corrected chi connectivity index (χ4v) is 2.87. The fourth-order valence-electron chi connectivity index (χ4n) is 2.87. The molecule has 2 N–H and O–H groups in total. The summed E-state index contributed by atoms with van der Waals surface area (Å²) < 4.78 is 2.23. The lowest BCUT2D eigenvalue weighted by Crippen LogP contribution is -2.37. The Morgan fingerprint density at radius 1 is 1.17 bits per heavy atom. The Hall–Kier alpha value is -2.37. The molecule has 0 radical (unpaired) electrons. The molecule has 0 amide bonds. The van der Waals surface area contributed by atoms with E-state index in [0.29, 0.717) is 6.54 Å². The van der Waals surface area contributed by atoms with Crippen LogP contribution in [-0.4, -0.2) is 27.8 Å². The van der Waals surface area contributed by atoms with E-state index in [1.165, 1.54) is 24.0 Å². The average molecular weight is 312 g/mol. The Kier molecular flexibility index (Phi) is 4.90. The SMILES string of the molecule is CN=C(NCc1ccccc1C)NCc1nnc2n1CCCC2. The summed E-state index contributed by atoms with van der Waals surface area (Å²) in [6, 6.07) is 8.36. The first-order chi connectivity index (χ1) is 11.3. The highest BCUT2D eigenvalue weighted by atomic mass is 15.3. The van der Waals surface area contributed by atoms with Gasteiger partial charge in [-0.25, -0.2) is 0 Å². The molecule has 1 aliphatic rings. The van der Waals surface area contributed by atoms with Crippen molar-refractivity contribution < 1.29 is 0 Å². The lowest BCUT2D eigenvalue weighted by Gasteiger charge is -2.16. The standard InChI is InChI=1S/C17H24N6/c1-13-7-3-4-8-14(13)11-19-17(18-2)20-12-16-22-21-15-9-5-6-10-23(15)16/h3-4,7-8H,5-6,9-12H2,1-2H3,(H2,18,19,20). The molecule has 2 heterocycles. The summed E-state index contributed by atoms with van der Waals surface area (Å²) in [5.74, 6) is 2.87. The van der Waals surface area contributed by atoms with Crippen molar-refractivity contribution in [2.75, 3.05) is 7.05 Å². The monoisotopic (exact) mass is 312 g/mol. The molecular weight excluding hydrogens is 288 g/mol. The van der Waals surface area contributed by atoms with Gasteiger partial charge in [-0.15, -0.1) is 10.2 Å². The number of fused-ring (bicyclic) bond motifs is 1. The summed E-state index contributed by atoms with van der Waals surface area (Å²) in [7, 11) is 1.78. The number of hydrogen-bond acceptors (Lipinski definition) is 3. The highest BCUT2D eigenvalue weighted by Gasteiger charge is 2.15. The Morgan fingerprint density at radius 2 is 2.00 bits per heavy atom. The third kappa shape index (κ3) is 3.70. The lowest BCUT2D eigenvalue weighted by atomic mass is 10.1. The maximum atomic E-state index is 4.30. The average Bonchev–Trinajstić information content (AvgIpc) is 3.00. The molecule has 122 valence electrons. The van der Waals surface area contributed by atoms with Crippen molar-refractivity contribution in [2.24, 2.45) is 4.99 Å². The molecule has 0 spiro atoms. The van der Waals surface area contributed by atoms with Gasteiger partial charge in [0.25, 0.3) is 0 Å². The number of aryl methyl sites for hydroxylation is 2. The van der Waals surface area contributed by atoms with Crippen molar-refractivity contribution in [1.82, 2.24) is 25.4 Å². The van der Waals surface area contributed by atoms with Crippen LogP contribution in [0.5, 0.6) is 0 Å². The maximum absolute atomic E-state index is 4.30. The van der Waals surface area contributed by atoms with Crippen molar-refractivity contribution in [3.05, 3.63) is 47.0 Å². The van der Waals surface area contributed by atoms with Gasteiger partial charge in [-0.3, -0.25) is 4.99 Å². The van der Waals surface area contributed by atoms with Gasteiger partial charge in [0.05, 0.1) is 6.54 Å². The highest BCUT2D eigenvalue weighted by Crippen LogP contribution is 2.13. The van der Waals surface area contributed by atoms with Crippen molar-refractivity contribution in [3.63, 3.8) is 0 Å². The predicted octanol–water partition coefficient (Wildman–Crippen LogP) is 1.79. The van der Waals surface area contributed by atoms with Gasteiger partial charge in [0.15, 0.2) is 11.8 Å². The summed E-state index contributed by atoms with van der Waals surface area (Å²) in [6.45, 7) is 4.54. The van der Waals surface area contributed by atoms with Gasteiger partial charge in [-0.1, -0.05) is 24.3 Å². The van der Waals surface area contributed by atoms with E-state index in [0.717, 1.165) is 37.1 Å². The zero-order valence-electron chi connectivity index (χ0n) is 13.8. The molecule has 0 saturated carbocycles. The van der Waals surface area contributed by atoms with E-state index in [1.807, 2.05) is 0 Å². The number of nitrogens with one attached hydrogen (secondary N) is 2. The Balaban J connectivity index is 1.56. The highest BCUT2D eigenvalue weighted by molar-refractivity contribution is 5.79. The van der Waals surface area contributed by atoms with Crippen LogP contribution in [0.15, 0.2) is 29.3 Å². The molecular formula is C17H24N6. The predicted molar refractivity (Wildman–Crippen MR) is 91.2 cm³/mol. The molecule has 0 unspecified atom stereocenters. The molecule has 6 heteroatoms. The summed E-state index contributed by atoms with van der Waals surface area (Å²) in [5.41, 5.74) is 2.55. The maximum Gasteiger partial charge on any atom is 0.191 e. The topological polar surface area (TPSA) is 67.1 Å². The molecule has 0 aliphatic carbocycles. The van der Waals surface area contributed by atoms with E-state index in [4.69, 9.17) is 0 Å². The van der Waals surface area contributed by atoms with Gasteiger partial charge in [0.2, 0.25) is 0 Å². The minimum absolute atomic E-state index is 0.639. The number of aromatic nitrogens is 3. The number of guanidine groups is 1. The van der Waals surface area contributed by atoms with E-state index >= 15 is 0 Å². The van der Waals surface area contributed by atoms with Crippen molar-refractivity contribution in [2.45, 2.75) is 45.8 Å². The van der Waals surface area contributed by atoms with Crippen LogP contribution in [0.4, 0.5) is 0 Å². The minimum atomic E-state index is 0.639. The largest absolute Gasteiger partial charge is 0.352 e. The molecule has 1 aliphatic heterocycles. The fraction of sp³-hybridized carbons (Fsp3) is 0.471. The quantitative estimate of drug-likeness (QED) is 0.667. The second-order valence-corrected chi connectivity index (χ2v) is 5.85. The van der Waals surface area contributed by atoms with Gasteiger partial charge in [0, 0.05) is 26.6 Å². The molecule has 0 saturated heterocycles. The first kappa shape index (κ1) is 15.5. The van der Waals surface area contributed by atoms with Gasteiger partial charge in [-0.05, 0) is 30.9 Å². The molecule has 6 nitrogen and oxygen atoms in total. The van der Waals surface area contributed by atoms with Crippen LogP contribution in [0.1, 0.15) is 35.6 Å². The molecule has 3 rings (SSSR count). The van der Waals surface area contributed by atoms with E-state index in [1.54, 1.807) is 7.05 Å². The Bertz CT molecular complexity index is 688. The molecule has 23 heavy (non-hydrogen) atoms. The van der Waals surface area contributed by atoms with Crippen molar-refractivity contribution in [1.29, 1.82) is 0 Å². The van der Waals surface area contributed by atoms with Crippen LogP contribution >= 0.6 is 0 Å².